The fourth-order valence-electron chi connectivity index (χ4n) is 2.68. The Morgan fingerprint density at radius 1 is 1.13 bits per heavy atom. The summed E-state index contributed by atoms with van der Waals surface area (Å²) < 4.78 is 6.75. The van der Waals surface area contributed by atoms with Crippen molar-refractivity contribution in [3.63, 3.8) is 0 Å². The molecular weight excluding hydrogens is 499 g/mol. The number of anilines is 1. The zero-order chi connectivity index (χ0) is 22.4. The molecule has 0 bridgehead atoms. The third-order valence-electron chi connectivity index (χ3n) is 4.40. The summed E-state index contributed by atoms with van der Waals surface area (Å²) in [5.74, 6) is -0.0281. The fraction of sp³-hybridized carbons (Fsp3) is 0.0833. The van der Waals surface area contributed by atoms with Crippen LogP contribution in [0.3, 0.4) is 0 Å². The lowest BCUT2D eigenvalue weighted by atomic mass is 10.1. The normalized spacial score (nSPS) is 11.0. The van der Waals surface area contributed by atoms with E-state index in [4.69, 9.17) is 27.9 Å². The van der Waals surface area contributed by atoms with Crippen molar-refractivity contribution in [1.29, 1.82) is 5.26 Å². The maximum atomic E-state index is 12.5. The average molecular weight is 516 g/mol. The third kappa shape index (κ3) is 6.11. The topological polar surface area (TPSA) is 62.1 Å². The van der Waals surface area contributed by atoms with E-state index in [0.29, 0.717) is 33.7 Å². The first kappa shape index (κ1) is 22.9. The molecule has 0 aliphatic rings. The number of nitrogens with zero attached hydrogens (tertiary/aromatic N) is 1. The van der Waals surface area contributed by atoms with Crippen molar-refractivity contribution in [3.05, 3.63) is 97.4 Å². The summed E-state index contributed by atoms with van der Waals surface area (Å²) in [5, 5.41) is 13.0. The van der Waals surface area contributed by atoms with Gasteiger partial charge >= 0.3 is 0 Å². The second-order valence-corrected chi connectivity index (χ2v) is 8.33. The quantitative estimate of drug-likeness (QED) is 0.279. The van der Waals surface area contributed by atoms with Crippen LogP contribution in [0.5, 0.6) is 5.75 Å². The number of hydrogen-bond acceptors (Lipinski definition) is 3. The maximum Gasteiger partial charge on any atom is 0.266 e. The molecule has 31 heavy (non-hydrogen) atoms. The van der Waals surface area contributed by atoms with Crippen LogP contribution in [-0.4, -0.2) is 5.91 Å². The number of benzene rings is 3. The van der Waals surface area contributed by atoms with Gasteiger partial charge in [0.1, 0.15) is 24.0 Å². The first-order chi connectivity index (χ1) is 14.9. The first-order valence-corrected chi connectivity index (χ1v) is 10.8. The van der Waals surface area contributed by atoms with E-state index in [1.165, 1.54) is 6.08 Å². The summed E-state index contributed by atoms with van der Waals surface area (Å²) in [7, 11) is 0. The summed E-state index contributed by atoms with van der Waals surface area (Å²) in [6.45, 7) is 2.21. The smallest absolute Gasteiger partial charge is 0.266 e. The third-order valence-corrected chi connectivity index (χ3v) is 5.88. The molecule has 0 atom stereocenters. The van der Waals surface area contributed by atoms with E-state index >= 15 is 0 Å². The summed E-state index contributed by atoms with van der Waals surface area (Å²) in [4.78, 5) is 12.5. The van der Waals surface area contributed by atoms with Gasteiger partial charge in [0.05, 0.1) is 5.02 Å². The van der Waals surface area contributed by atoms with E-state index in [9.17, 15) is 10.1 Å². The summed E-state index contributed by atoms with van der Waals surface area (Å²) in [6.07, 6.45) is 1.47. The number of nitrogens with one attached hydrogen (secondary N) is 1. The molecule has 1 N–H and O–H groups in total. The van der Waals surface area contributed by atoms with Crippen LogP contribution in [0.1, 0.15) is 16.7 Å². The van der Waals surface area contributed by atoms with Crippen LogP contribution in [0.25, 0.3) is 6.08 Å². The lowest BCUT2D eigenvalue weighted by Gasteiger charge is -2.10. The molecule has 0 spiro atoms. The lowest BCUT2D eigenvalue weighted by Crippen LogP contribution is -2.13. The van der Waals surface area contributed by atoms with Gasteiger partial charge in [-0.2, -0.15) is 5.26 Å². The minimum absolute atomic E-state index is 0.0605. The minimum Gasteiger partial charge on any atom is -0.487 e. The molecule has 0 radical (unpaired) electrons. The zero-order valence-corrected chi connectivity index (χ0v) is 19.6. The van der Waals surface area contributed by atoms with Gasteiger partial charge in [-0.15, -0.1) is 0 Å². The van der Waals surface area contributed by atoms with E-state index in [0.717, 1.165) is 15.6 Å². The molecule has 7 heteroatoms. The van der Waals surface area contributed by atoms with Crippen LogP contribution in [0.4, 0.5) is 5.69 Å². The van der Waals surface area contributed by atoms with Crippen molar-refractivity contribution in [1.82, 2.24) is 0 Å². The molecule has 0 heterocycles. The molecule has 0 aliphatic heterocycles. The number of rotatable bonds is 6. The van der Waals surface area contributed by atoms with Gasteiger partial charge in [0.15, 0.2) is 0 Å². The van der Waals surface area contributed by atoms with Crippen molar-refractivity contribution >= 4 is 56.8 Å². The highest BCUT2D eigenvalue weighted by Crippen LogP contribution is 2.28. The summed E-state index contributed by atoms with van der Waals surface area (Å²) in [6, 6.07) is 19.9. The van der Waals surface area contributed by atoms with Crippen LogP contribution in [0.15, 0.2) is 70.7 Å². The van der Waals surface area contributed by atoms with E-state index < -0.39 is 5.91 Å². The molecule has 0 fully saturated rings. The predicted molar refractivity (Wildman–Crippen MR) is 128 cm³/mol. The van der Waals surface area contributed by atoms with E-state index in [1.54, 1.807) is 36.4 Å². The molecule has 0 saturated carbocycles. The number of carbonyl (C=O) groups is 1. The van der Waals surface area contributed by atoms with Crippen molar-refractivity contribution in [2.24, 2.45) is 0 Å². The van der Waals surface area contributed by atoms with Gasteiger partial charge < -0.3 is 10.1 Å². The molecule has 1 amide bonds. The lowest BCUT2D eigenvalue weighted by molar-refractivity contribution is -0.112. The molecule has 3 aromatic rings. The van der Waals surface area contributed by atoms with Crippen molar-refractivity contribution in [2.45, 2.75) is 13.5 Å². The highest BCUT2D eigenvalue weighted by Gasteiger charge is 2.11. The Kier molecular flexibility index (Phi) is 7.75. The number of amides is 1. The van der Waals surface area contributed by atoms with Crippen LogP contribution >= 0.6 is 39.1 Å². The SMILES string of the molecule is Cc1ccc(NC(=O)/C(C#N)=C/c2ccc(OCc3ccccc3Br)c(Cl)c2)cc1Cl. The maximum absolute atomic E-state index is 12.5. The molecule has 3 rings (SSSR count). The van der Waals surface area contributed by atoms with Crippen LogP contribution < -0.4 is 10.1 Å². The van der Waals surface area contributed by atoms with E-state index in [-0.39, 0.29) is 5.57 Å². The van der Waals surface area contributed by atoms with Gasteiger partial charge in [0, 0.05) is 20.7 Å². The molecule has 0 saturated heterocycles. The van der Waals surface area contributed by atoms with Crippen LogP contribution in [0.2, 0.25) is 10.0 Å². The van der Waals surface area contributed by atoms with Gasteiger partial charge in [-0.1, -0.05) is 69.5 Å². The molecule has 0 aliphatic carbocycles. The van der Waals surface area contributed by atoms with E-state index in [1.807, 2.05) is 37.3 Å². The second-order valence-electron chi connectivity index (χ2n) is 6.66. The molecule has 4 nitrogen and oxygen atoms in total. The predicted octanol–water partition coefficient (Wildman–Crippen LogP) is 7.19. The number of halogens is 3. The van der Waals surface area contributed by atoms with Crippen molar-refractivity contribution < 1.29 is 9.53 Å². The summed E-state index contributed by atoms with van der Waals surface area (Å²) in [5.41, 5.74) is 2.94. The second kappa shape index (κ2) is 10.5. The Labute approximate surface area is 199 Å². The highest BCUT2D eigenvalue weighted by atomic mass is 79.9. The Morgan fingerprint density at radius 2 is 1.90 bits per heavy atom. The van der Waals surface area contributed by atoms with Gasteiger partial charge in [-0.25, -0.2) is 0 Å². The summed E-state index contributed by atoms with van der Waals surface area (Å²) >= 11 is 15.9. The number of nitriles is 1. The molecule has 0 aromatic heterocycles. The van der Waals surface area contributed by atoms with Gasteiger partial charge in [-0.05, 0) is 54.5 Å². The largest absolute Gasteiger partial charge is 0.487 e. The minimum atomic E-state index is -0.534. The average Bonchev–Trinajstić information content (AvgIpc) is 2.75. The first-order valence-electron chi connectivity index (χ1n) is 9.22. The molecular formula is C24H17BrCl2N2O2. The van der Waals surface area contributed by atoms with Crippen molar-refractivity contribution in [2.75, 3.05) is 5.32 Å². The van der Waals surface area contributed by atoms with E-state index in [2.05, 4.69) is 21.2 Å². The van der Waals surface area contributed by atoms with Gasteiger partial charge in [-0.3, -0.25) is 4.79 Å². The highest BCUT2D eigenvalue weighted by molar-refractivity contribution is 9.10. The zero-order valence-electron chi connectivity index (χ0n) is 16.5. The van der Waals surface area contributed by atoms with Crippen molar-refractivity contribution in [3.8, 4) is 11.8 Å². The number of aryl methyl sites for hydroxylation is 1. The number of ether oxygens (including phenoxy) is 1. The van der Waals surface area contributed by atoms with Crippen LogP contribution in [-0.2, 0) is 11.4 Å². The number of carbonyl (C=O) groups excluding carboxylic acids is 1. The molecule has 156 valence electrons. The van der Waals surface area contributed by atoms with Gasteiger partial charge in [0.25, 0.3) is 5.91 Å². The molecule has 0 unspecified atom stereocenters. The van der Waals surface area contributed by atoms with Crippen LogP contribution in [0, 0.1) is 18.3 Å². The molecule has 3 aromatic carbocycles. The Hall–Kier alpha value is -2.78. The monoisotopic (exact) mass is 514 g/mol. The van der Waals surface area contributed by atoms with Gasteiger partial charge in [0.2, 0.25) is 0 Å². The number of hydrogen-bond donors (Lipinski definition) is 1. The fourth-order valence-corrected chi connectivity index (χ4v) is 3.50. The Morgan fingerprint density at radius 3 is 2.58 bits per heavy atom. The Bertz CT molecular complexity index is 1200. The Balaban J connectivity index is 1.72. The standard InChI is InChI=1S/C24H17BrCl2N2O2/c1-15-6-8-19(12-21(15)26)29-24(30)18(13-28)10-16-7-9-23(22(27)11-16)31-14-17-4-2-3-5-20(17)25/h2-12H,14H2,1H3,(H,29,30)/b18-10+.